The van der Waals surface area contributed by atoms with E-state index in [4.69, 9.17) is 0 Å². The number of nitro benzene ring substituents is 1. The zero-order valence-electron chi connectivity index (χ0n) is 13.2. The summed E-state index contributed by atoms with van der Waals surface area (Å²) in [6, 6.07) is 15.4. The number of hydrogen-bond acceptors (Lipinski definition) is 3. The molecule has 1 unspecified atom stereocenters. The molecule has 4 nitrogen and oxygen atoms in total. The van der Waals surface area contributed by atoms with Crippen molar-refractivity contribution < 1.29 is 4.92 Å². The van der Waals surface area contributed by atoms with Gasteiger partial charge >= 0.3 is 0 Å². The minimum atomic E-state index is -0.363. The van der Waals surface area contributed by atoms with Crippen LogP contribution >= 0.6 is 0 Å². The molecule has 4 heteroatoms. The average molecular weight is 298 g/mol. The molecule has 0 saturated heterocycles. The van der Waals surface area contributed by atoms with Gasteiger partial charge in [-0.05, 0) is 36.1 Å². The van der Waals surface area contributed by atoms with Crippen LogP contribution in [0, 0.1) is 16.0 Å². The molecule has 0 aliphatic carbocycles. The zero-order chi connectivity index (χ0) is 16.1. The minimum Gasteiger partial charge on any atom is -0.316 e. The normalized spacial score (nSPS) is 12.4. The van der Waals surface area contributed by atoms with E-state index in [-0.39, 0.29) is 10.6 Å². The fraction of sp³-hybridized carbons (Fsp3) is 0.333. The molecule has 0 aromatic heterocycles. The minimum absolute atomic E-state index is 0.122. The van der Waals surface area contributed by atoms with Crippen molar-refractivity contribution >= 4 is 5.69 Å². The number of non-ortho nitro benzene ring substituents is 1. The molecule has 2 rings (SSSR count). The quantitative estimate of drug-likeness (QED) is 0.646. The van der Waals surface area contributed by atoms with Crippen LogP contribution in [0.5, 0.6) is 0 Å². The van der Waals surface area contributed by atoms with Gasteiger partial charge in [-0.15, -0.1) is 0 Å². The van der Waals surface area contributed by atoms with E-state index in [9.17, 15) is 10.1 Å². The molecule has 0 bridgehead atoms. The second-order valence-electron chi connectivity index (χ2n) is 5.85. The van der Waals surface area contributed by atoms with Gasteiger partial charge in [0, 0.05) is 18.2 Å². The molecule has 22 heavy (non-hydrogen) atoms. The molecule has 0 saturated carbocycles. The molecule has 116 valence electrons. The van der Waals surface area contributed by atoms with E-state index >= 15 is 0 Å². The van der Waals surface area contributed by atoms with Crippen LogP contribution in [0.15, 0.2) is 48.5 Å². The first kappa shape index (κ1) is 16.2. The van der Waals surface area contributed by atoms with Gasteiger partial charge < -0.3 is 5.32 Å². The van der Waals surface area contributed by atoms with Crippen LogP contribution in [-0.2, 0) is 6.42 Å². The third-order valence-corrected chi connectivity index (χ3v) is 3.98. The maximum absolute atomic E-state index is 10.9. The molecule has 0 fully saturated rings. The van der Waals surface area contributed by atoms with Crippen LogP contribution in [0.25, 0.3) is 11.1 Å². The van der Waals surface area contributed by atoms with Crippen LogP contribution in [0.1, 0.15) is 19.4 Å². The van der Waals surface area contributed by atoms with Crippen LogP contribution < -0.4 is 5.32 Å². The molecular formula is C18H22N2O2. The molecular weight excluding hydrogens is 276 g/mol. The lowest BCUT2D eigenvalue weighted by molar-refractivity contribution is -0.384. The number of nitro groups is 1. The number of benzene rings is 2. The molecule has 0 heterocycles. The van der Waals surface area contributed by atoms with Gasteiger partial charge in [-0.1, -0.05) is 50.2 Å². The van der Waals surface area contributed by atoms with E-state index < -0.39 is 0 Å². The standard InChI is InChI=1S/C18H22N2O2/c1-13(2)18(19-3)11-14-7-9-15(10-8-14)16-5-4-6-17(12-16)20(21)22/h4-10,12-13,18-19H,11H2,1-3H3. The van der Waals surface area contributed by atoms with E-state index in [0.29, 0.717) is 12.0 Å². The lowest BCUT2D eigenvalue weighted by atomic mass is 9.95. The predicted molar refractivity (Wildman–Crippen MR) is 89.9 cm³/mol. The molecule has 1 atom stereocenters. The fourth-order valence-corrected chi connectivity index (χ4v) is 2.56. The summed E-state index contributed by atoms with van der Waals surface area (Å²) in [7, 11) is 1.99. The van der Waals surface area contributed by atoms with E-state index in [2.05, 4.69) is 31.3 Å². The van der Waals surface area contributed by atoms with Crippen LogP contribution in [0.4, 0.5) is 5.69 Å². The summed E-state index contributed by atoms with van der Waals surface area (Å²) >= 11 is 0. The van der Waals surface area contributed by atoms with Gasteiger partial charge in [0.25, 0.3) is 5.69 Å². The Bertz CT molecular complexity index is 636. The molecule has 0 aliphatic heterocycles. The molecule has 2 aromatic carbocycles. The van der Waals surface area contributed by atoms with E-state index in [1.807, 2.05) is 25.2 Å². The third-order valence-electron chi connectivity index (χ3n) is 3.98. The molecule has 1 N–H and O–H groups in total. The third kappa shape index (κ3) is 3.92. The van der Waals surface area contributed by atoms with Gasteiger partial charge in [0.1, 0.15) is 0 Å². The van der Waals surface area contributed by atoms with Crippen molar-refractivity contribution in [2.75, 3.05) is 7.05 Å². The topological polar surface area (TPSA) is 55.2 Å². The van der Waals surface area contributed by atoms with Crippen molar-refractivity contribution in [3.05, 3.63) is 64.2 Å². The van der Waals surface area contributed by atoms with Crippen molar-refractivity contribution in [2.24, 2.45) is 5.92 Å². The van der Waals surface area contributed by atoms with Crippen LogP contribution in [0.3, 0.4) is 0 Å². The molecule has 2 aromatic rings. The highest BCUT2D eigenvalue weighted by Crippen LogP contribution is 2.24. The van der Waals surface area contributed by atoms with Crippen molar-refractivity contribution in [3.63, 3.8) is 0 Å². The Morgan fingerprint density at radius 2 is 1.77 bits per heavy atom. The fourth-order valence-electron chi connectivity index (χ4n) is 2.56. The largest absolute Gasteiger partial charge is 0.316 e. The Hall–Kier alpha value is -2.20. The molecule has 0 spiro atoms. The second kappa shape index (κ2) is 7.18. The maximum Gasteiger partial charge on any atom is 0.270 e. The van der Waals surface area contributed by atoms with E-state index in [1.54, 1.807) is 12.1 Å². The maximum atomic E-state index is 10.9. The monoisotopic (exact) mass is 298 g/mol. The summed E-state index contributed by atoms with van der Waals surface area (Å²) in [4.78, 5) is 10.5. The van der Waals surface area contributed by atoms with Crippen molar-refractivity contribution in [1.82, 2.24) is 5.32 Å². The van der Waals surface area contributed by atoms with Crippen molar-refractivity contribution in [2.45, 2.75) is 26.3 Å². The Morgan fingerprint density at radius 3 is 2.32 bits per heavy atom. The summed E-state index contributed by atoms with van der Waals surface area (Å²) in [6.45, 7) is 4.41. The zero-order valence-corrected chi connectivity index (χ0v) is 13.2. The predicted octanol–water partition coefficient (Wildman–Crippen LogP) is 4.05. The number of hydrogen-bond donors (Lipinski definition) is 1. The lowest BCUT2D eigenvalue weighted by Crippen LogP contribution is -2.32. The molecule has 0 aliphatic rings. The van der Waals surface area contributed by atoms with Crippen LogP contribution in [-0.4, -0.2) is 18.0 Å². The van der Waals surface area contributed by atoms with Gasteiger partial charge in [-0.25, -0.2) is 0 Å². The smallest absolute Gasteiger partial charge is 0.270 e. The SMILES string of the molecule is CNC(Cc1ccc(-c2cccc([N+](=O)[O-])c2)cc1)C(C)C. The first-order valence-electron chi connectivity index (χ1n) is 7.52. The second-order valence-corrected chi connectivity index (χ2v) is 5.85. The number of likely N-dealkylation sites (N-methyl/N-ethyl adjacent to an activating group) is 1. The molecule has 0 radical (unpaired) electrons. The Labute approximate surface area is 131 Å². The first-order valence-corrected chi connectivity index (χ1v) is 7.52. The highest BCUT2D eigenvalue weighted by atomic mass is 16.6. The number of rotatable bonds is 6. The summed E-state index contributed by atoms with van der Waals surface area (Å²) < 4.78 is 0. The summed E-state index contributed by atoms with van der Waals surface area (Å²) in [5, 5.41) is 14.2. The Kier molecular flexibility index (Phi) is 5.28. The van der Waals surface area contributed by atoms with Crippen molar-refractivity contribution in [1.29, 1.82) is 0 Å². The summed E-state index contributed by atoms with van der Waals surface area (Å²) in [5.74, 6) is 0.571. The van der Waals surface area contributed by atoms with Crippen molar-refractivity contribution in [3.8, 4) is 11.1 Å². The Balaban J connectivity index is 2.18. The van der Waals surface area contributed by atoms with Gasteiger partial charge in [-0.2, -0.15) is 0 Å². The lowest BCUT2D eigenvalue weighted by Gasteiger charge is -2.20. The van der Waals surface area contributed by atoms with Gasteiger partial charge in [0.2, 0.25) is 0 Å². The van der Waals surface area contributed by atoms with E-state index in [1.165, 1.54) is 11.6 Å². The number of nitrogens with one attached hydrogen (secondary N) is 1. The average Bonchev–Trinajstić information content (AvgIpc) is 2.53. The first-order chi connectivity index (χ1) is 10.5. The Morgan fingerprint density at radius 1 is 1.09 bits per heavy atom. The van der Waals surface area contributed by atoms with Crippen LogP contribution in [0.2, 0.25) is 0 Å². The highest BCUT2D eigenvalue weighted by Gasteiger charge is 2.12. The van der Waals surface area contributed by atoms with Gasteiger partial charge in [0.05, 0.1) is 4.92 Å². The van der Waals surface area contributed by atoms with Gasteiger partial charge in [0.15, 0.2) is 0 Å². The summed E-state index contributed by atoms with van der Waals surface area (Å²) in [6.07, 6.45) is 0.976. The summed E-state index contributed by atoms with van der Waals surface area (Å²) in [5.41, 5.74) is 3.26. The highest BCUT2D eigenvalue weighted by molar-refractivity contribution is 5.66. The van der Waals surface area contributed by atoms with Gasteiger partial charge in [-0.3, -0.25) is 10.1 Å². The molecule has 0 amide bonds. The van der Waals surface area contributed by atoms with E-state index in [0.717, 1.165) is 17.5 Å². The number of nitrogens with zero attached hydrogens (tertiary/aromatic N) is 1.